The minimum absolute atomic E-state index is 0.554. The highest BCUT2D eigenvalue weighted by Crippen LogP contribution is 2.44. The Kier molecular flexibility index (Phi) is 4.04. The van der Waals surface area contributed by atoms with Crippen molar-refractivity contribution in [3.8, 4) is 0 Å². The first kappa shape index (κ1) is 13.6. The average molecular weight is 268 g/mol. The lowest BCUT2D eigenvalue weighted by Gasteiger charge is -2.15. The molecule has 0 unspecified atom stereocenters. The summed E-state index contributed by atoms with van der Waals surface area (Å²) in [5.41, 5.74) is 1.98. The third kappa shape index (κ3) is 3.20. The molecule has 1 aliphatic carbocycles. The normalized spacial score (nSPS) is 16.4. The molecule has 2 nitrogen and oxygen atoms in total. The van der Waals surface area contributed by atoms with Gasteiger partial charge >= 0.3 is 0 Å². The van der Waals surface area contributed by atoms with Gasteiger partial charge in [0.25, 0.3) is 0 Å². The van der Waals surface area contributed by atoms with E-state index in [1.807, 2.05) is 0 Å². The first-order chi connectivity index (χ1) is 9.81. The average Bonchev–Trinajstić information content (AvgIpc) is 3.24. The first-order valence-electron chi connectivity index (χ1n) is 7.64. The molecule has 2 aromatic rings. The molecule has 2 heteroatoms. The zero-order valence-corrected chi connectivity index (χ0v) is 12.3. The Morgan fingerprint density at radius 1 is 1.00 bits per heavy atom. The van der Waals surface area contributed by atoms with Crippen LogP contribution in [0.4, 0.5) is 0 Å². The van der Waals surface area contributed by atoms with Gasteiger partial charge in [0, 0.05) is 13.1 Å². The molecule has 20 heavy (non-hydrogen) atoms. The molecular weight excluding hydrogens is 244 g/mol. The van der Waals surface area contributed by atoms with Gasteiger partial charge in [-0.2, -0.15) is 0 Å². The predicted molar refractivity (Wildman–Crippen MR) is 86.1 cm³/mol. The molecule has 0 saturated heterocycles. The van der Waals surface area contributed by atoms with Gasteiger partial charge in [0.1, 0.15) is 0 Å². The van der Waals surface area contributed by atoms with Gasteiger partial charge in [0.2, 0.25) is 0 Å². The maximum Gasteiger partial charge on any atom is 0.00201 e. The Morgan fingerprint density at radius 3 is 2.55 bits per heavy atom. The molecule has 0 radical (unpaired) electrons. The lowest BCUT2D eigenvalue weighted by molar-refractivity contribution is 0.441. The molecular formula is C18H24N2. The lowest BCUT2D eigenvalue weighted by atomic mass is 10.0. The van der Waals surface area contributed by atoms with Gasteiger partial charge in [0.15, 0.2) is 0 Å². The molecule has 0 atom stereocenters. The summed E-state index contributed by atoms with van der Waals surface area (Å²) in [5, 5.41) is 9.61. The summed E-state index contributed by atoms with van der Waals surface area (Å²) in [6.45, 7) is 3.38. The SMILES string of the molecule is CNCC1(CNCCc2ccc3ccccc3c2)CC1. The van der Waals surface area contributed by atoms with Crippen LogP contribution >= 0.6 is 0 Å². The number of rotatable bonds is 7. The molecule has 0 aliphatic heterocycles. The molecule has 3 rings (SSSR count). The number of fused-ring (bicyclic) bond motifs is 1. The standard InChI is InChI=1S/C18H24N2/c1-19-13-18(9-10-18)14-20-11-8-15-6-7-16-4-2-3-5-17(16)12-15/h2-7,12,19-20H,8-11,13-14H2,1H3. The van der Waals surface area contributed by atoms with Crippen LogP contribution in [0.3, 0.4) is 0 Å². The summed E-state index contributed by atoms with van der Waals surface area (Å²) in [7, 11) is 2.05. The minimum Gasteiger partial charge on any atom is -0.319 e. The molecule has 0 aromatic heterocycles. The fourth-order valence-corrected chi connectivity index (χ4v) is 2.95. The Hall–Kier alpha value is -1.38. The van der Waals surface area contributed by atoms with Crippen molar-refractivity contribution in [1.82, 2.24) is 10.6 Å². The van der Waals surface area contributed by atoms with E-state index in [1.54, 1.807) is 0 Å². The van der Waals surface area contributed by atoms with Crippen LogP contribution in [-0.4, -0.2) is 26.7 Å². The van der Waals surface area contributed by atoms with E-state index in [9.17, 15) is 0 Å². The van der Waals surface area contributed by atoms with Crippen LogP contribution in [0.1, 0.15) is 18.4 Å². The van der Waals surface area contributed by atoms with E-state index in [0.717, 1.165) is 26.1 Å². The van der Waals surface area contributed by atoms with E-state index in [-0.39, 0.29) is 0 Å². The lowest BCUT2D eigenvalue weighted by Crippen LogP contribution is -2.32. The highest BCUT2D eigenvalue weighted by Gasteiger charge is 2.41. The Balaban J connectivity index is 1.50. The zero-order chi connectivity index (χ0) is 13.8. The van der Waals surface area contributed by atoms with Crippen molar-refractivity contribution in [2.24, 2.45) is 5.41 Å². The number of nitrogens with one attached hydrogen (secondary N) is 2. The highest BCUT2D eigenvalue weighted by molar-refractivity contribution is 5.82. The third-order valence-electron chi connectivity index (χ3n) is 4.41. The number of benzene rings is 2. The van der Waals surface area contributed by atoms with Gasteiger partial charge in [-0.15, -0.1) is 0 Å². The number of hydrogen-bond donors (Lipinski definition) is 2. The molecule has 2 aromatic carbocycles. The van der Waals surface area contributed by atoms with Crippen LogP contribution in [0.5, 0.6) is 0 Å². The summed E-state index contributed by atoms with van der Waals surface area (Å²) in [6.07, 6.45) is 3.86. The smallest absolute Gasteiger partial charge is 0.00201 e. The number of hydrogen-bond acceptors (Lipinski definition) is 2. The molecule has 1 aliphatic rings. The van der Waals surface area contributed by atoms with Crippen LogP contribution in [-0.2, 0) is 6.42 Å². The Labute approximate surface area is 121 Å². The molecule has 0 amide bonds. The topological polar surface area (TPSA) is 24.1 Å². The van der Waals surface area contributed by atoms with Crippen molar-refractivity contribution in [1.29, 1.82) is 0 Å². The van der Waals surface area contributed by atoms with E-state index in [2.05, 4.69) is 60.1 Å². The van der Waals surface area contributed by atoms with Gasteiger partial charge in [-0.3, -0.25) is 0 Å². The maximum atomic E-state index is 3.63. The highest BCUT2D eigenvalue weighted by atomic mass is 14.9. The van der Waals surface area contributed by atoms with Crippen molar-refractivity contribution in [2.45, 2.75) is 19.3 Å². The van der Waals surface area contributed by atoms with Crippen molar-refractivity contribution < 1.29 is 0 Å². The van der Waals surface area contributed by atoms with E-state index in [4.69, 9.17) is 0 Å². The summed E-state index contributed by atoms with van der Waals surface area (Å²) in [5.74, 6) is 0. The van der Waals surface area contributed by atoms with E-state index in [0.29, 0.717) is 5.41 Å². The quantitative estimate of drug-likeness (QED) is 0.754. The monoisotopic (exact) mass is 268 g/mol. The molecule has 0 spiro atoms. The second kappa shape index (κ2) is 5.94. The van der Waals surface area contributed by atoms with Crippen molar-refractivity contribution in [3.63, 3.8) is 0 Å². The summed E-state index contributed by atoms with van der Waals surface area (Å²) < 4.78 is 0. The van der Waals surface area contributed by atoms with Crippen LogP contribution in [0.15, 0.2) is 42.5 Å². The zero-order valence-electron chi connectivity index (χ0n) is 12.3. The maximum absolute atomic E-state index is 3.63. The molecule has 1 fully saturated rings. The predicted octanol–water partition coefficient (Wildman–Crippen LogP) is 2.97. The van der Waals surface area contributed by atoms with Gasteiger partial charge in [-0.05, 0) is 54.6 Å². The van der Waals surface area contributed by atoms with E-state index >= 15 is 0 Å². The Bertz CT molecular complexity index is 572. The van der Waals surface area contributed by atoms with E-state index in [1.165, 1.54) is 29.2 Å². The fourth-order valence-electron chi connectivity index (χ4n) is 2.95. The molecule has 0 bridgehead atoms. The second-order valence-corrected chi connectivity index (χ2v) is 6.14. The van der Waals surface area contributed by atoms with Crippen LogP contribution < -0.4 is 10.6 Å². The summed E-state index contributed by atoms with van der Waals surface area (Å²) in [6, 6.07) is 15.4. The Morgan fingerprint density at radius 2 is 1.80 bits per heavy atom. The van der Waals surface area contributed by atoms with Crippen LogP contribution in [0.25, 0.3) is 10.8 Å². The van der Waals surface area contributed by atoms with Gasteiger partial charge < -0.3 is 10.6 Å². The largest absolute Gasteiger partial charge is 0.319 e. The second-order valence-electron chi connectivity index (χ2n) is 6.14. The minimum atomic E-state index is 0.554. The molecule has 0 heterocycles. The van der Waals surface area contributed by atoms with E-state index < -0.39 is 0 Å². The fraction of sp³-hybridized carbons (Fsp3) is 0.444. The van der Waals surface area contributed by atoms with Crippen LogP contribution in [0, 0.1) is 5.41 Å². The van der Waals surface area contributed by atoms with Crippen molar-refractivity contribution >= 4 is 10.8 Å². The summed E-state index contributed by atoms with van der Waals surface area (Å²) >= 11 is 0. The molecule has 1 saturated carbocycles. The molecule has 106 valence electrons. The van der Waals surface area contributed by atoms with Gasteiger partial charge in [-0.25, -0.2) is 0 Å². The summed E-state index contributed by atoms with van der Waals surface area (Å²) in [4.78, 5) is 0. The first-order valence-corrected chi connectivity index (χ1v) is 7.64. The molecule has 2 N–H and O–H groups in total. The van der Waals surface area contributed by atoms with Crippen molar-refractivity contribution in [2.75, 3.05) is 26.7 Å². The van der Waals surface area contributed by atoms with Gasteiger partial charge in [0.05, 0.1) is 0 Å². The van der Waals surface area contributed by atoms with Gasteiger partial charge in [-0.1, -0.05) is 42.5 Å². The van der Waals surface area contributed by atoms with Crippen molar-refractivity contribution in [3.05, 3.63) is 48.0 Å². The third-order valence-corrected chi connectivity index (χ3v) is 4.41. The van der Waals surface area contributed by atoms with Crippen LogP contribution in [0.2, 0.25) is 0 Å².